The average Bonchev–Trinajstić information content (AvgIpc) is 2.60. The van der Waals surface area contributed by atoms with Crippen molar-refractivity contribution in [3.05, 3.63) is 70.8 Å². The number of carboxylic acids is 1. The Balaban J connectivity index is 1.83. The third-order valence-corrected chi connectivity index (χ3v) is 4.83. The number of carbonyl (C=O) groups excluding carboxylic acids is 1. The van der Waals surface area contributed by atoms with Crippen molar-refractivity contribution < 1.29 is 14.7 Å². The molecular weight excluding hydrogens is 314 g/mol. The van der Waals surface area contributed by atoms with E-state index in [0.717, 1.165) is 36.0 Å². The number of benzene rings is 2. The van der Waals surface area contributed by atoms with Crippen molar-refractivity contribution >= 4 is 11.9 Å². The highest BCUT2D eigenvalue weighted by Gasteiger charge is 2.28. The molecule has 1 amide bonds. The number of carbonyl (C=O) groups is 2. The molecule has 130 valence electrons. The van der Waals surface area contributed by atoms with Crippen molar-refractivity contribution in [2.24, 2.45) is 0 Å². The van der Waals surface area contributed by atoms with E-state index in [2.05, 4.69) is 11.4 Å². The molecule has 0 spiro atoms. The molecule has 3 rings (SSSR count). The topological polar surface area (TPSA) is 66.4 Å². The van der Waals surface area contributed by atoms with Gasteiger partial charge in [-0.05, 0) is 42.9 Å². The van der Waals surface area contributed by atoms with Gasteiger partial charge in [-0.15, -0.1) is 0 Å². The van der Waals surface area contributed by atoms with E-state index >= 15 is 0 Å². The number of nitrogens with one attached hydrogen (secondary N) is 1. The van der Waals surface area contributed by atoms with Crippen LogP contribution in [0.4, 0.5) is 0 Å². The Hall–Kier alpha value is -2.62. The van der Waals surface area contributed by atoms with Gasteiger partial charge >= 0.3 is 5.97 Å². The van der Waals surface area contributed by atoms with Crippen LogP contribution in [0.1, 0.15) is 53.5 Å². The highest BCUT2D eigenvalue weighted by molar-refractivity contribution is 5.85. The van der Waals surface area contributed by atoms with Crippen LogP contribution in [0.2, 0.25) is 0 Å². The summed E-state index contributed by atoms with van der Waals surface area (Å²) in [6.45, 7) is 1.96. The Labute approximate surface area is 147 Å². The molecule has 2 N–H and O–H groups in total. The van der Waals surface area contributed by atoms with E-state index in [-0.39, 0.29) is 18.2 Å². The zero-order chi connectivity index (χ0) is 17.8. The second kappa shape index (κ2) is 7.51. The summed E-state index contributed by atoms with van der Waals surface area (Å²) in [6, 6.07) is 15.2. The van der Waals surface area contributed by atoms with Gasteiger partial charge in [0, 0.05) is 0 Å². The van der Waals surface area contributed by atoms with Gasteiger partial charge in [-0.2, -0.15) is 0 Å². The van der Waals surface area contributed by atoms with Crippen LogP contribution in [-0.2, 0) is 16.0 Å². The summed E-state index contributed by atoms with van der Waals surface area (Å²) in [4.78, 5) is 24.2. The van der Waals surface area contributed by atoms with Crippen molar-refractivity contribution in [2.45, 2.75) is 44.6 Å². The molecule has 2 aromatic rings. The van der Waals surface area contributed by atoms with Gasteiger partial charge in [0.2, 0.25) is 5.91 Å². The molecule has 0 heterocycles. The molecule has 25 heavy (non-hydrogen) atoms. The summed E-state index contributed by atoms with van der Waals surface area (Å²) < 4.78 is 0. The van der Waals surface area contributed by atoms with Crippen molar-refractivity contribution in [1.29, 1.82) is 0 Å². The summed E-state index contributed by atoms with van der Waals surface area (Å²) >= 11 is 0. The first kappa shape index (κ1) is 17.2. The fourth-order valence-electron chi connectivity index (χ4n) is 3.61. The molecule has 1 aliphatic rings. The van der Waals surface area contributed by atoms with Crippen LogP contribution in [0, 0.1) is 6.92 Å². The average molecular weight is 337 g/mol. The molecule has 4 heteroatoms. The third-order valence-electron chi connectivity index (χ3n) is 4.83. The molecular formula is C21H23NO3. The first-order valence-corrected chi connectivity index (χ1v) is 8.71. The van der Waals surface area contributed by atoms with Crippen LogP contribution in [-0.4, -0.2) is 17.0 Å². The minimum Gasteiger partial charge on any atom is -0.481 e. The van der Waals surface area contributed by atoms with Gasteiger partial charge in [-0.25, -0.2) is 0 Å². The zero-order valence-electron chi connectivity index (χ0n) is 14.4. The molecule has 0 radical (unpaired) electrons. The maximum Gasteiger partial charge on any atom is 0.305 e. The number of hydrogen-bond donors (Lipinski definition) is 2. The van der Waals surface area contributed by atoms with E-state index in [9.17, 15) is 14.7 Å². The van der Waals surface area contributed by atoms with Gasteiger partial charge in [-0.1, -0.05) is 54.1 Å². The quantitative estimate of drug-likeness (QED) is 0.873. The Morgan fingerprint density at radius 1 is 1.20 bits per heavy atom. The molecule has 2 aromatic carbocycles. The predicted octanol–water partition coefficient (Wildman–Crippen LogP) is 3.75. The maximum absolute atomic E-state index is 12.9. The number of hydrogen-bond acceptors (Lipinski definition) is 2. The van der Waals surface area contributed by atoms with E-state index in [1.54, 1.807) is 0 Å². The molecule has 0 aromatic heterocycles. The fourth-order valence-corrected chi connectivity index (χ4v) is 3.61. The summed E-state index contributed by atoms with van der Waals surface area (Å²) in [6.07, 6.45) is 2.65. The SMILES string of the molecule is Cc1cccc(C(CC(=O)O)NC(=O)[C@H]2CCCc3ccccc32)c1. The monoisotopic (exact) mass is 337 g/mol. The normalized spacial score (nSPS) is 17.4. The molecule has 0 bridgehead atoms. The second-order valence-corrected chi connectivity index (χ2v) is 6.72. The van der Waals surface area contributed by atoms with Crippen LogP contribution < -0.4 is 5.32 Å². The van der Waals surface area contributed by atoms with E-state index in [1.807, 2.05) is 49.4 Å². The van der Waals surface area contributed by atoms with Gasteiger partial charge in [0.25, 0.3) is 0 Å². The van der Waals surface area contributed by atoms with Crippen LogP contribution in [0.15, 0.2) is 48.5 Å². The summed E-state index contributed by atoms with van der Waals surface area (Å²) in [5.41, 5.74) is 4.17. The number of carboxylic acid groups (broad SMARTS) is 1. The smallest absolute Gasteiger partial charge is 0.305 e. The first-order valence-electron chi connectivity index (χ1n) is 8.71. The summed E-state index contributed by atoms with van der Waals surface area (Å²) in [7, 11) is 0. The minimum absolute atomic E-state index is 0.0834. The molecule has 1 aliphatic carbocycles. The molecule has 2 atom stereocenters. The Morgan fingerprint density at radius 3 is 2.76 bits per heavy atom. The van der Waals surface area contributed by atoms with E-state index < -0.39 is 12.0 Å². The number of amides is 1. The number of fused-ring (bicyclic) bond motifs is 1. The van der Waals surface area contributed by atoms with Crippen LogP contribution >= 0.6 is 0 Å². The highest BCUT2D eigenvalue weighted by atomic mass is 16.4. The lowest BCUT2D eigenvalue weighted by Gasteiger charge is -2.27. The number of aryl methyl sites for hydroxylation is 2. The summed E-state index contributed by atoms with van der Waals surface area (Å²) in [5, 5.41) is 12.2. The van der Waals surface area contributed by atoms with E-state index in [0.29, 0.717) is 0 Å². The van der Waals surface area contributed by atoms with Gasteiger partial charge in [0.1, 0.15) is 0 Å². The van der Waals surface area contributed by atoms with Crippen LogP contribution in [0.5, 0.6) is 0 Å². The number of rotatable bonds is 5. The highest BCUT2D eigenvalue weighted by Crippen LogP contribution is 2.32. The lowest BCUT2D eigenvalue weighted by atomic mass is 9.82. The molecule has 4 nitrogen and oxygen atoms in total. The van der Waals surface area contributed by atoms with Gasteiger partial charge < -0.3 is 10.4 Å². The maximum atomic E-state index is 12.9. The second-order valence-electron chi connectivity index (χ2n) is 6.72. The van der Waals surface area contributed by atoms with Gasteiger partial charge in [-0.3, -0.25) is 9.59 Å². The van der Waals surface area contributed by atoms with Crippen LogP contribution in [0.3, 0.4) is 0 Å². The van der Waals surface area contributed by atoms with Crippen molar-refractivity contribution in [3.63, 3.8) is 0 Å². The van der Waals surface area contributed by atoms with E-state index in [4.69, 9.17) is 0 Å². The lowest BCUT2D eigenvalue weighted by Crippen LogP contribution is -2.35. The molecule has 0 saturated heterocycles. The fraction of sp³-hybridized carbons (Fsp3) is 0.333. The Kier molecular flexibility index (Phi) is 5.17. The van der Waals surface area contributed by atoms with E-state index in [1.165, 1.54) is 5.56 Å². The standard InChI is InChI=1S/C21H23NO3/c1-14-6-4-9-16(12-14)19(13-20(23)24)22-21(25)18-11-5-8-15-7-2-3-10-17(15)18/h2-4,6-7,9-10,12,18-19H,5,8,11,13H2,1H3,(H,22,25)(H,23,24)/t18-,19?/m0/s1. The van der Waals surface area contributed by atoms with Crippen LogP contribution in [0.25, 0.3) is 0 Å². The molecule has 1 unspecified atom stereocenters. The summed E-state index contributed by atoms with van der Waals surface area (Å²) in [5.74, 6) is -1.21. The van der Waals surface area contributed by atoms with Crippen molar-refractivity contribution in [1.82, 2.24) is 5.32 Å². The molecule has 0 saturated carbocycles. The predicted molar refractivity (Wildman–Crippen MR) is 96.4 cm³/mol. The molecule has 0 aliphatic heterocycles. The molecule has 0 fully saturated rings. The zero-order valence-corrected chi connectivity index (χ0v) is 14.4. The lowest BCUT2D eigenvalue weighted by molar-refractivity contribution is -0.137. The third kappa shape index (κ3) is 4.08. The largest absolute Gasteiger partial charge is 0.481 e. The first-order chi connectivity index (χ1) is 12.0. The van der Waals surface area contributed by atoms with Crippen molar-refractivity contribution in [3.8, 4) is 0 Å². The van der Waals surface area contributed by atoms with Gasteiger partial charge in [0.15, 0.2) is 0 Å². The Bertz CT molecular complexity index is 784. The number of aliphatic carboxylic acids is 1. The Morgan fingerprint density at radius 2 is 2.00 bits per heavy atom. The van der Waals surface area contributed by atoms with Crippen molar-refractivity contribution in [2.75, 3.05) is 0 Å². The van der Waals surface area contributed by atoms with Gasteiger partial charge in [0.05, 0.1) is 18.4 Å². The minimum atomic E-state index is -0.921.